The molecule has 0 radical (unpaired) electrons. The number of esters is 1. The summed E-state index contributed by atoms with van der Waals surface area (Å²) in [5.74, 6) is -4.25. The predicted molar refractivity (Wildman–Crippen MR) is 71.6 cm³/mol. The standard InChI is InChI=1S/C12H16BrFN2O5/c1-11(2,3)9(18)21-12-7(14)8(17)16(13)10(19)15(12)5-4-6-20-12/h7H,4-6H2,1-3H3/t7-,12?/m1/s1. The van der Waals surface area contributed by atoms with Crippen LogP contribution >= 0.6 is 16.1 Å². The maximum Gasteiger partial charge on any atom is 0.343 e. The number of rotatable bonds is 1. The van der Waals surface area contributed by atoms with Crippen LogP contribution in [0, 0.1) is 5.41 Å². The van der Waals surface area contributed by atoms with Crippen LogP contribution < -0.4 is 0 Å². The highest BCUT2D eigenvalue weighted by atomic mass is 79.9. The molecule has 0 spiro atoms. The molecule has 0 aliphatic carbocycles. The predicted octanol–water partition coefficient (Wildman–Crippen LogP) is 1.56. The summed E-state index contributed by atoms with van der Waals surface area (Å²) in [7, 11) is 0. The van der Waals surface area contributed by atoms with Gasteiger partial charge in [0.1, 0.15) is 0 Å². The number of fused-ring (bicyclic) bond motifs is 1. The molecule has 118 valence electrons. The average Bonchev–Trinajstić information content (AvgIpc) is 2.42. The first-order valence-corrected chi connectivity index (χ1v) is 7.15. The molecule has 2 heterocycles. The van der Waals surface area contributed by atoms with Crippen molar-refractivity contribution in [1.29, 1.82) is 0 Å². The molecule has 0 N–H and O–H groups in total. The van der Waals surface area contributed by atoms with E-state index in [-0.39, 0.29) is 13.2 Å². The van der Waals surface area contributed by atoms with Gasteiger partial charge in [0.15, 0.2) is 0 Å². The SMILES string of the molecule is CC(C)(C)C(=O)OC12OCCCN1C(=O)N(Br)C(=O)[C@H]2F. The molecule has 7 nitrogen and oxygen atoms in total. The van der Waals surface area contributed by atoms with Crippen molar-refractivity contribution in [3.63, 3.8) is 0 Å². The largest absolute Gasteiger partial charge is 0.410 e. The minimum absolute atomic E-state index is 0.0805. The van der Waals surface area contributed by atoms with Crippen LogP contribution in [0.5, 0.6) is 0 Å². The summed E-state index contributed by atoms with van der Waals surface area (Å²) >= 11 is 2.71. The first kappa shape index (κ1) is 16.2. The lowest BCUT2D eigenvalue weighted by Gasteiger charge is -2.49. The number of alkyl halides is 1. The second kappa shape index (κ2) is 5.20. The third-order valence-corrected chi connectivity index (χ3v) is 3.84. The number of halogens is 2. The van der Waals surface area contributed by atoms with Crippen LogP contribution in [0.25, 0.3) is 0 Å². The van der Waals surface area contributed by atoms with Crippen LogP contribution in [-0.4, -0.2) is 52.0 Å². The maximum absolute atomic E-state index is 14.5. The van der Waals surface area contributed by atoms with Gasteiger partial charge >= 0.3 is 17.9 Å². The normalized spacial score (nSPS) is 30.2. The average molecular weight is 367 g/mol. The summed E-state index contributed by atoms with van der Waals surface area (Å²) in [5.41, 5.74) is -0.932. The molecular weight excluding hydrogens is 351 g/mol. The molecule has 2 rings (SSSR count). The Morgan fingerprint density at radius 3 is 2.67 bits per heavy atom. The van der Waals surface area contributed by atoms with Crippen LogP contribution in [0.15, 0.2) is 0 Å². The first-order chi connectivity index (χ1) is 9.61. The van der Waals surface area contributed by atoms with Gasteiger partial charge in [-0.25, -0.2) is 9.18 Å². The molecular formula is C12H16BrFN2O5. The van der Waals surface area contributed by atoms with E-state index in [1.54, 1.807) is 20.8 Å². The second-order valence-electron chi connectivity index (χ2n) is 5.89. The fourth-order valence-corrected chi connectivity index (χ4v) is 2.36. The maximum atomic E-state index is 14.5. The van der Waals surface area contributed by atoms with Crippen molar-refractivity contribution in [3.05, 3.63) is 0 Å². The van der Waals surface area contributed by atoms with Crippen molar-refractivity contribution >= 4 is 34.1 Å². The lowest BCUT2D eigenvalue weighted by Crippen LogP contribution is -2.73. The fraction of sp³-hybridized carbons (Fsp3) is 0.750. The van der Waals surface area contributed by atoms with Crippen LogP contribution in [0.2, 0.25) is 0 Å². The Labute approximate surface area is 129 Å². The summed E-state index contributed by atoms with van der Waals surface area (Å²) in [6, 6.07) is -0.824. The molecule has 2 saturated heterocycles. The Bertz CT molecular complexity index is 495. The highest BCUT2D eigenvalue weighted by molar-refractivity contribution is 9.08. The molecule has 0 aromatic carbocycles. The van der Waals surface area contributed by atoms with E-state index in [9.17, 15) is 18.8 Å². The first-order valence-electron chi connectivity index (χ1n) is 6.44. The molecule has 2 fully saturated rings. The van der Waals surface area contributed by atoms with Crippen molar-refractivity contribution in [2.45, 2.75) is 39.3 Å². The van der Waals surface area contributed by atoms with Gasteiger partial charge in [-0.3, -0.25) is 14.5 Å². The summed E-state index contributed by atoms with van der Waals surface area (Å²) < 4.78 is 25.4. The molecule has 9 heteroatoms. The second-order valence-corrected chi connectivity index (χ2v) is 6.60. The van der Waals surface area contributed by atoms with Crippen LogP contribution in [0.1, 0.15) is 27.2 Å². The van der Waals surface area contributed by atoms with Gasteiger partial charge < -0.3 is 9.47 Å². The molecule has 21 heavy (non-hydrogen) atoms. The number of hydrogen-bond donors (Lipinski definition) is 0. The van der Waals surface area contributed by atoms with E-state index in [4.69, 9.17) is 9.47 Å². The minimum Gasteiger partial charge on any atom is -0.410 e. The highest BCUT2D eigenvalue weighted by Crippen LogP contribution is 2.38. The quantitative estimate of drug-likeness (QED) is 0.519. The van der Waals surface area contributed by atoms with Gasteiger partial charge in [0.2, 0.25) is 0 Å². The van der Waals surface area contributed by atoms with Crippen LogP contribution in [0.3, 0.4) is 0 Å². The van der Waals surface area contributed by atoms with E-state index in [2.05, 4.69) is 16.1 Å². The van der Waals surface area contributed by atoms with E-state index in [1.165, 1.54) is 0 Å². The summed E-state index contributed by atoms with van der Waals surface area (Å²) in [6.45, 7) is 4.93. The molecule has 2 atom stereocenters. The minimum atomic E-state index is -2.32. The molecule has 3 amide bonds. The molecule has 1 unspecified atom stereocenters. The van der Waals surface area contributed by atoms with Crippen LogP contribution in [0.4, 0.5) is 9.18 Å². The van der Waals surface area contributed by atoms with Gasteiger partial charge in [-0.2, -0.15) is 3.93 Å². The van der Waals surface area contributed by atoms with Crippen molar-refractivity contribution < 1.29 is 28.2 Å². The Hall–Kier alpha value is -1.22. The zero-order valence-corrected chi connectivity index (χ0v) is 13.5. The van der Waals surface area contributed by atoms with Crippen molar-refractivity contribution in [2.24, 2.45) is 5.41 Å². The lowest BCUT2D eigenvalue weighted by molar-refractivity contribution is -0.332. The highest BCUT2D eigenvalue weighted by Gasteiger charge is 2.63. The third kappa shape index (κ3) is 2.52. The summed E-state index contributed by atoms with van der Waals surface area (Å²) in [5, 5.41) is 0. The van der Waals surface area contributed by atoms with Gasteiger partial charge in [0.05, 0.1) is 28.2 Å². The number of imide groups is 1. The van der Waals surface area contributed by atoms with E-state index in [0.717, 1.165) is 4.90 Å². The number of carbonyl (C=O) groups is 3. The Balaban J connectivity index is 2.41. The van der Waals surface area contributed by atoms with E-state index in [1.807, 2.05) is 0 Å². The van der Waals surface area contributed by atoms with Crippen molar-refractivity contribution in [1.82, 2.24) is 8.83 Å². The third-order valence-electron chi connectivity index (χ3n) is 3.19. The van der Waals surface area contributed by atoms with E-state index < -0.39 is 35.4 Å². The molecule has 0 saturated carbocycles. The van der Waals surface area contributed by atoms with Gasteiger partial charge in [0, 0.05) is 6.54 Å². The number of amides is 3. The Morgan fingerprint density at radius 2 is 2.10 bits per heavy atom. The molecule has 0 bridgehead atoms. The fourth-order valence-electron chi connectivity index (χ4n) is 1.99. The summed E-state index contributed by atoms with van der Waals surface area (Å²) in [4.78, 5) is 36.9. The number of urea groups is 1. The van der Waals surface area contributed by atoms with Crippen molar-refractivity contribution in [2.75, 3.05) is 13.2 Å². The number of carbonyl (C=O) groups excluding carboxylic acids is 3. The topological polar surface area (TPSA) is 76.2 Å². The molecule has 0 aromatic heterocycles. The zero-order chi connectivity index (χ0) is 16.0. The molecule has 2 aliphatic rings. The zero-order valence-electron chi connectivity index (χ0n) is 11.9. The number of nitrogens with zero attached hydrogens (tertiary/aromatic N) is 2. The molecule has 2 aliphatic heterocycles. The summed E-state index contributed by atoms with van der Waals surface area (Å²) in [6.07, 6.45) is -1.87. The van der Waals surface area contributed by atoms with Gasteiger partial charge in [-0.1, -0.05) is 0 Å². The smallest absolute Gasteiger partial charge is 0.343 e. The van der Waals surface area contributed by atoms with Gasteiger partial charge in [-0.05, 0) is 27.2 Å². The van der Waals surface area contributed by atoms with Gasteiger partial charge in [0.25, 0.3) is 12.1 Å². The number of ether oxygens (including phenoxy) is 2. The van der Waals surface area contributed by atoms with E-state index in [0.29, 0.717) is 10.3 Å². The van der Waals surface area contributed by atoms with E-state index >= 15 is 0 Å². The number of hydrogen-bond acceptors (Lipinski definition) is 5. The van der Waals surface area contributed by atoms with Crippen LogP contribution in [-0.2, 0) is 19.1 Å². The lowest BCUT2D eigenvalue weighted by atomic mass is 9.97. The monoisotopic (exact) mass is 366 g/mol. The Morgan fingerprint density at radius 1 is 1.48 bits per heavy atom. The molecule has 0 aromatic rings. The Kier molecular flexibility index (Phi) is 4.00. The van der Waals surface area contributed by atoms with Gasteiger partial charge in [-0.15, -0.1) is 0 Å². The van der Waals surface area contributed by atoms with Crippen molar-refractivity contribution in [3.8, 4) is 0 Å².